The van der Waals surface area contributed by atoms with Crippen LogP contribution in [0.15, 0.2) is 17.0 Å². The van der Waals surface area contributed by atoms with E-state index in [1.807, 2.05) is 0 Å². The molecule has 0 aromatic heterocycles. The van der Waals surface area contributed by atoms with Gasteiger partial charge in [0.15, 0.2) is 11.6 Å². The monoisotopic (exact) mass is 341 g/mol. The van der Waals surface area contributed by atoms with Crippen molar-refractivity contribution < 1.29 is 17.2 Å². The lowest BCUT2D eigenvalue weighted by atomic mass is 10.2. The molecule has 1 aliphatic rings. The second-order valence-electron chi connectivity index (χ2n) is 4.56. The molecule has 0 N–H and O–H groups in total. The molecule has 0 spiro atoms. The average Bonchev–Trinajstić information content (AvgIpc) is 2.94. The fourth-order valence-electron chi connectivity index (χ4n) is 2.04. The van der Waals surface area contributed by atoms with Gasteiger partial charge in [-0.25, -0.2) is 17.2 Å². The number of rotatable bonds is 4. The van der Waals surface area contributed by atoms with Crippen molar-refractivity contribution in [1.29, 1.82) is 0 Å². The Morgan fingerprint density at radius 2 is 2.15 bits per heavy atom. The summed E-state index contributed by atoms with van der Waals surface area (Å²) in [7, 11) is -2.66. The molecule has 1 atom stereocenters. The second kappa shape index (κ2) is 6.17. The van der Waals surface area contributed by atoms with Crippen LogP contribution in [0.4, 0.5) is 8.78 Å². The van der Waals surface area contributed by atoms with E-state index in [1.54, 1.807) is 11.8 Å². The molecule has 0 saturated carbocycles. The zero-order valence-electron chi connectivity index (χ0n) is 10.8. The quantitative estimate of drug-likeness (QED) is 0.790. The summed E-state index contributed by atoms with van der Waals surface area (Å²) < 4.78 is 53.3. The van der Waals surface area contributed by atoms with Crippen molar-refractivity contribution in [3.8, 4) is 0 Å². The Balaban J connectivity index is 2.45. The number of hydrogen-bond acceptors (Lipinski definition) is 3. The predicted molar refractivity (Wildman–Crippen MR) is 76.6 cm³/mol. The highest BCUT2D eigenvalue weighted by Gasteiger charge is 2.33. The van der Waals surface area contributed by atoms with Gasteiger partial charge >= 0.3 is 0 Å². The van der Waals surface area contributed by atoms with Gasteiger partial charge in [-0.1, -0.05) is 0 Å². The lowest BCUT2D eigenvalue weighted by Gasteiger charge is -2.23. The van der Waals surface area contributed by atoms with Gasteiger partial charge in [-0.15, -0.1) is 11.6 Å². The van der Waals surface area contributed by atoms with E-state index in [2.05, 4.69) is 0 Å². The largest absolute Gasteiger partial charge is 0.246 e. The van der Waals surface area contributed by atoms with Crippen molar-refractivity contribution in [3.63, 3.8) is 0 Å². The fraction of sp³-hybridized carbons (Fsp3) is 0.500. The molecule has 1 fully saturated rings. The van der Waals surface area contributed by atoms with E-state index in [0.29, 0.717) is 12.2 Å². The molecule has 8 heteroatoms. The SMILES string of the molecule is CN(C1CCSC1)S(=O)(=O)c1cc(CCl)cc(F)c1F. The topological polar surface area (TPSA) is 37.4 Å². The summed E-state index contributed by atoms with van der Waals surface area (Å²) in [6.07, 6.45) is 0.708. The van der Waals surface area contributed by atoms with Gasteiger partial charge in [-0.3, -0.25) is 0 Å². The van der Waals surface area contributed by atoms with Crippen LogP contribution in [0.25, 0.3) is 0 Å². The highest BCUT2D eigenvalue weighted by atomic mass is 35.5. The molecule has 1 aromatic rings. The van der Waals surface area contributed by atoms with E-state index >= 15 is 0 Å². The van der Waals surface area contributed by atoms with Gasteiger partial charge in [-0.05, 0) is 29.9 Å². The highest BCUT2D eigenvalue weighted by molar-refractivity contribution is 7.99. The highest BCUT2D eigenvalue weighted by Crippen LogP contribution is 2.29. The van der Waals surface area contributed by atoms with E-state index < -0.39 is 26.6 Å². The Bertz CT molecular complexity index is 604. The van der Waals surface area contributed by atoms with Crippen LogP contribution in [0.3, 0.4) is 0 Å². The Hall–Kier alpha value is -0.370. The summed E-state index contributed by atoms with van der Waals surface area (Å²) in [6, 6.07) is 1.82. The molecule has 112 valence electrons. The van der Waals surface area contributed by atoms with Gasteiger partial charge in [0.05, 0.1) is 0 Å². The van der Waals surface area contributed by atoms with Crippen molar-refractivity contribution >= 4 is 33.4 Å². The fourth-order valence-corrected chi connectivity index (χ4v) is 5.07. The Morgan fingerprint density at radius 3 is 2.70 bits per heavy atom. The van der Waals surface area contributed by atoms with Crippen molar-refractivity contribution in [2.45, 2.75) is 23.2 Å². The van der Waals surface area contributed by atoms with E-state index in [9.17, 15) is 17.2 Å². The van der Waals surface area contributed by atoms with Crippen LogP contribution in [0.5, 0.6) is 0 Å². The van der Waals surface area contributed by atoms with Crippen molar-refractivity contribution in [2.24, 2.45) is 0 Å². The predicted octanol–water partition coefficient (Wildman–Crippen LogP) is 2.83. The van der Waals surface area contributed by atoms with Crippen LogP contribution in [0, 0.1) is 11.6 Å². The molecule has 1 saturated heterocycles. The Morgan fingerprint density at radius 1 is 1.45 bits per heavy atom. The molecule has 20 heavy (non-hydrogen) atoms. The smallest absolute Gasteiger partial charge is 0.207 e. The van der Waals surface area contributed by atoms with Crippen molar-refractivity contribution in [3.05, 3.63) is 29.3 Å². The van der Waals surface area contributed by atoms with E-state index in [0.717, 1.165) is 22.2 Å². The number of benzene rings is 1. The number of hydrogen-bond donors (Lipinski definition) is 0. The van der Waals surface area contributed by atoms with Crippen LogP contribution in [0.2, 0.25) is 0 Å². The van der Waals surface area contributed by atoms with Gasteiger partial charge in [0.2, 0.25) is 10.0 Å². The van der Waals surface area contributed by atoms with Gasteiger partial charge in [0.1, 0.15) is 4.90 Å². The zero-order chi connectivity index (χ0) is 14.9. The lowest BCUT2D eigenvalue weighted by molar-refractivity contribution is 0.389. The maximum Gasteiger partial charge on any atom is 0.246 e. The first-order valence-corrected chi connectivity index (χ1v) is 9.10. The van der Waals surface area contributed by atoms with Gasteiger partial charge < -0.3 is 0 Å². The summed E-state index contributed by atoms with van der Waals surface area (Å²) in [5.41, 5.74) is 0.235. The number of halogens is 3. The number of nitrogens with zero attached hydrogens (tertiary/aromatic N) is 1. The number of sulfonamides is 1. The van der Waals surface area contributed by atoms with Crippen LogP contribution in [0.1, 0.15) is 12.0 Å². The van der Waals surface area contributed by atoms with Crippen molar-refractivity contribution in [1.82, 2.24) is 4.31 Å². The number of alkyl halides is 1. The maximum atomic E-state index is 13.8. The van der Waals surface area contributed by atoms with Crippen molar-refractivity contribution in [2.75, 3.05) is 18.6 Å². The molecule has 1 heterocycles. The van der Waals surface area contributed by atoms with Gasteiger partial charge in [-0.2, -0.15) is 16.1 Å². The van der Waals surface area contributed by atoms with E-state index in [-0.39, 0.29) is 17.5 Å². The first-order chi connectivity index (χ1) is 9.37. The Kier molecular flexibility index (Phi) is 4.94. The normalized spacial score (nSPS) is 19.8. The summed E-state index contributed by atoms with van der Waals surface area (Å²) >= 11 is 7.22. The third-order valence-electron chi connectivity index (χ3n) is 3.29. The van der Waals surface area contributed by atoms with E-state index in [4.69, 9.17) is 11.6 Å². The summed E-state index contributed by atoms with van der Waals surface area (Å²) in [6.45, 7) is 0. The van der Waals surface area contributed by atoms with E-state index in [1.165, 1.54) is 7.05 Å². The summed E-state index contributed by atoms with van der Waals surface area (Å²) in [5.74, 6) is -1.10. The molecule has 3 nitrogen and oxygen atoms in total. The standard InChI is InChI=1S/C12H14ClF2NO2S2/c1-16(9-2-3-19-7-9)20(17,18)11-5-8(6-13)4-10(14)12(11)15/h4-5,9H,2-3,6-7H2,1H3. The van der Waals surface area contributed by atoms with Gasteiger partial charge in [0.25, 0.3) is 0 Å². The molecule has 1 aromatic carbocycles. The first-order valence-electron chi connectivity index (χ1n) is 5.97. The molecule has 2 rings (SSSR count). The van der Waals surface area contributed by atoms with Crippen LogP contribution < -0.4 is 0 Å². The minimum atomic E-state index is -4.06. The molecular weight excluding hydrogens is 328 g/mol. The lowest BCUT2D eigenvalue weighted by Crippen LogP contribution is -2.37. The van der Waals surface area contributed by atoms with Crippen LogP contribution in [-0.2, 0) is 15.9 Å². The molecule has 0 amide bonds. The molecule has 1 aliphatic heterocycles. The average molecular weight is 342 g/mol. The third kappa shape index (κ3) is 2.95. The first kappa shape index (κ1) is 16.0. The minimum Gasteiger partial charge on any atom is -0.207 e. The van der Waals surface area contributed by atoms with Crippen LogP contribution in [-0.4, -0.2) is 37.3 Å². The molecule has 0 bridgehead atoms. The summed E-state index contributed by atoms with van der Waals surface area (Å²) in [5, 5.41) is 0. The molecule has 0 aliphatic carbocycles. The number of thioether (sulfide) groups is 1. The maximum absolute atomic E-state index is 13.8. The zero-order valence-corrected chi connectivity index (χ0v) is 13.2. The molecule has 0 radical (unpaired) electrons. The van der Waals surface area contributed by atoms with Gasteiger partial charge in [0, 0.05) is 24.7 Å². The minimum absolute atomic E-state index is 0.0806. The molecular formula is C12H14ClF2NO2S2. The third-order valence-corrected chi connectivity index (χ3v) is 6.65. The van der Waals surface area contributed by atoms with Crippen LogP contribution >= 0.6 is 23.4 Å². The Labute approximate surface area is 126 Å². The molecule has 1 unspecified atom stereocenters. The summed E-state index contributed by atoms with van der Waals surface area (Å²) in [4.78, 5) is -0.646. The second-order valence-corrected chi connectivity index (χ2v) is 7.95.